The third-order valence-corrected chi connectivity index (χ3v) is 3.84. The molecule has 0 spiro atoms. The number of methoxy groups -OCH3 is 1. The number of rotatable bonds is 5. The van der Waals surface area contributed by atoms with Crippen molar-refractivity contribution in [2.45, 2.75) is 38.1 Å². The minimum Gasteiger partial charge on any atom is -0.481 e. The highest BCUT2D eigenvalue weighted by Gasteiger charge is 2.18. The summed E-state index contributed by atoms with van der Waals surface area (Å²) in [5.41, 5.74) is 1.14. The largest absolute Gasteiger partial charge is 0.481 e. The van der Waals surface area contributed by atoms with Gasteiger partial charge >= 0.3 is 0 Å². The number of Topliss-reactive ketones (excluding diaryl/α,β-unsaturated/α-hetero) is 1. The SMILES string of the molecule is COc1cc(C(=O)Cc2ccn(C3CCCC3)n2)ncn1. The number of aromatic nitrogens is 4. The molecule has 0 bridgehead atoms. The molecule has 1 saturated carbocycles. The van der Waals surface area contributed by atoms with Crippen LogP contribution in [0.2, 0.25) is 0 Å². The van der Waals surface area contributed by atoms with Crippen molar-refractivity contribution in [1.82, 2.24) is 19.7 Å². The van der Waals surface area contributed by atoms with Crippen molar-refractivity contribution < 1.29 is 9.53 Å². The van der Waals surface area contributed by atoms with Gasteiger partial charge in [0.25, 0.3) is 0 Å². The number of hydrogen-bond donors (Lipinski definition) is 0. The molecule has 0 radical (unpaired) electrons. The van der Waals surface area contributed by atoms with E-state index < -0.39 is 0 Å². The molecule has 110 valence electrons. The summed E-state index contributed by atoms with van der Waals surface area (Å²) in [5.74, 6) is 0.317. The second kappa shape index (κ2) is 6.03. The van der Waals surface area contributed by atoms with Crippen LogP contribution >= 0.6 is 0 Å². The van der Waals surface area contributed by atoms with E-state index in [-0.39, 0.29) is 12.2 Å². The van der Waals surface area contributed by atoms with Crippen molar-refractivity contribution in [2.75, 3.05) is 7.11 Å². The maximum atomic E-state index is 12.2. The van der Waals surface area contributed by atoms with Gasteiger partial charge in [-0.15, -0.1) is 0 Å². The van der Waals surface area contributed by atoms with Gasteiger partial charge in [0, 0.05) is 12.3 Å². The monoisotopic (exact) mass is 286 g/mol. The van der Waals surface area contributed by atoms with Crippen molar-refractivity contribution in [3.63, 3.8) is 0 Å². The van der Waals surface area contributed by atoms with Crippen LogP contribution in [0.3, 0.4) is 0 Å². The zero-order valence-electron chi connectivity index (χ0n) is 12.0. The predicted molar refractivity (Wildman–Crippen MR) is 76.4 cm³/mol. The first-order valence-electron chi connectivity index (χ1n) is 7.19. The van der Waals surface area contributed by atoms with Gasteiger partial charge < -0.3 is 4.74 Å². The van der Waals surface area contributed by atoms with E-state index in [1.807, 2.05) is 16.9 Å². The molecule has 0 atom stereocenters. The number of carbonyl (C=O) groups excluding carboxylic acids is 1. The Bertz CT molecular complexity index is 632. The van der Waals surface area contributed by atoms with Crippen LogP contribution in [0.4, 0.5) is 0 Å². The molecule has 0 N–H and O–H groups in total. The van der Waals surface area contributed by atoms with Crippen molar-refractivity contribution in [3.05, 3.63) is 36.0 Å². The first kappa shape index (κ1) is 13.7. The fraction of sp³-hybridized carbons (Fsp3) is 0.467. The van der Waals surface area contributed by atoms with Gasteiger partial charge in [-0.3, -0.25) is 9.48 Å². The minimum absolute atomic E-state index is 0.0765. The normalized spacial score (nSPS) is 15.3. The zero-order chi connectivity index (χ0) is 14.7. The molecule has 1 fully saturated rings. The first-order chi connectivity index (χ1) is 10.3. The van der Waals surface area contributed by atoms with E-state index in [1.165, 1.54) is 39.1 Å². The van der Waals surface area contributed by atoms with Crippen molar-refractivity contribution >= 4 is 5.78 Å². The smallest absolute Gasteiger partial charge is 0.216 e. The van der Waals surface area contributed by atoms with E-state index in [4.69, 9.17) is 4.74 Å². The Morgan fingerprint density at radius 3 is 2.95 bits per heavy atom. The Morgan fingerprint density at radius 1 is 1.38 bits per heavy atom. The average Bonchev–Trinajstić information content (AvgIpc) is 3.18. The third kappa shape index (κ3) is 3.09. The van der Waals surface area contributed by atoms with E-state index in [1.54, 1.807) is 6.07 Å². The lowest BCUT2D eigenvalue weighted by Gasteiger charge is -2.08. The Balaban J connectivity index is 1.69. The third-order valence-electron chi connectivity index (χ3n) is 3.84. The molecule has 0 unspecified atom stereocenters. The quantitative estimate of drug-likeness (QED) is 0.788. The summed E-state index contributed by atoms with van der Waals surface area (Å²) in [7, 11) is 1.51. The second-order valence-corrected chi connectivity index (χ2v) is 5.27. The molecule has 21 heavy (non-hydrogen) atoms. The van der Waals surface area contributed by atoms with Crippen LogP contribution in [0.15, 0.2) is 24.7 Å². The van der Waals surface area contributed by atoms with E-state index >= 15 is 0 Å². The minimum atomic E-state index is -0.0765. The predicted octanol–water partition coefficient (Wildman–Crippen LogP) is 2.22. The summed E-state index contributed by atoms with van der Waals surface area (Å²) in [5, 5.41) is 4.52. The van der Waals surface area contributed by atoms with Crippen LogP contribution < -0.4 is 4.74 Å². The summed E-state index contributed by atoms with van der Waals surface area (Å²) in [6.07, 6.45) is 8.44. The molecule has 0 saturated heterocycles. The maximum Gasteiger partial charge on any atom is 0.216 e. The summed E-state index contributed by atoms with van der Waals surface area (Å²) in [6, 6.07) is 3.96. The fourth-order valence-corrected chi connectivity index (χ4v) is 2.70. The number of carbonyl (C=O) groups is 1. The summed E-state index contributed by atoms with van der Waals surface area (Å²) in [6.45, 7) is 0. The lowest BCUT2D eigenvalue weighted by molar-refractivity contribution is 0.0986. The molecule has 0 amide bonds. The Morgan fingerprint density at radius 2 is 2.19 bits per heavy atom. The van der Waals surface area contributed by atoms with E-state index in [0.29, 0.717) is 17.6 Å². The molecular formula is C15H18N4O2. The Hall–Kier alpha value is -2.24. The van der Waals surface area contributed by atoms with Crippen molar-refractivity contribution in [2.24, 2.45) is 0 Å². The number of nitrogens with zero attached hydrogens (tertiary/aromatic N) is 4. The molecular weight excluding hydrogens is 268 g/mol. The van der Waals surface area contributed by atoms with Gasteiger partial charge in [-0.1, -0.05) is 12.8 Å². The Kier molecular flexibility index (Phi) is 3.94. The molecule has 2 aromatic heterocycles. The molecule has 3 rings (SSSR count). The van der Waals surface area contributed by atoms with Crippen LogP contribution in [0.1, 0.15) is 47.9 Å². The standard InChI is InChI=1S/C15H18N4O2/c1-21-15-9-13(16-10-17-15)14(20)8-11-6-7-19(18-11)12-4-2-3-5-12/h6-7,9-10,12H,2-5,8H2,1H3. The highest BCUT2D eigenvalue weighted by Crippen LogP contribution is 2.28. The average molecular weight is 286 g/mol. The maximum absolute atomic E-state index is 12.2. The molecule has 1 aliphatic carbocycles. The van der Waals surface area contributed by atoms with Gasteiger partial charge in [-0.25, -0.2) is 9.97 Å². The van der Waals surface area contributed by atoms with Gasteiger partial charge in [0.05, 0.1) is 25.3 Å². The van der Waals surface area contributed by atoms with Gasteiger partial charge in [0.2, 0.25) is 5.88 Å². The number of ketones is 1. The van der Waals surface area contributed by atoms with Crippen molar-refractivity contribution in [1.29, 1.82) is 0 Å². The van der Waals surface area contributed by atoms with Crippen LogP contribution in [-0.2, 0) is 6.42 Å². The number of ether oxygens (including phenoxy) is 1. The number of hydrogen-bond acceptors (Lipinski definition) is 5. The second-order valence-electron chi connectivity index (χ2n) is 5.27. The fourth-order valence-electron chi connectivity index (χ4n) is 2.70. The zero-order valence-corrected chi connectivity index (χ0v) is 12.0. The summed E-state index contributed by atoms with van der Waals surface area (Å²) in [4.78, 5) is 20.1. The lowest BCUT2D eigenvalue weighted by Crippen LogP contribution is -2.09. The highest BCUT2D eigenvalue weighted by molar-refractivity contribution is 5.95. The van der Waals surface area contributed by atoms with Crippen LogP contribution in [0, 0.1) is 0 Å². The topological polar surface area (TPSA) is 69.9 Å². The highest BCUT2D eigenvalue weighted by atomic mass is 16.5. The van der Waals surface area contributed by atoms with Crippen LogP contribution in [0.25, 0.3) is 0 Å². The van der Waals surface area contributed by atoms with Gasteiger partial charge in [-0.05, 0) is 18.9 Å². The van der Waals surface area contributed by atoms with Crippen LogP contribution in [0.5, 0.6) is 5.88 Å². The summed E-state index contributed by atoms with van der Waals surface area (Å²) >= 11 is 0. The van der Waals surface area contributed by atoms with Gasteiger partial charge in [-0.2, -0.15) is 5.10 Å². The lowest BCUT2D eigenvalue weighted by atomic mass is 10.1. The van der Waals surface area contributed by atoms with Gasteiger partial charge in [0.15, 0.2) is 5.78 Å². The summed E-state index contributed by atoms with van der Waals surface area (Å²) < 4.78 is 7.00. The Labute approximate surface area is 123 Å². The van der Waals surface area contributed by atoms with Gasteiger partial charge in [0.1, 0.15) is 12.0 Å². The van der Waals surface area contributed by atoms with Crippen molar-refractivity contribution in [3.8, 4) is 5.88 Å². The molecule has 6 nitrogen and oxygen atoms in total. The van der Waals surface area contributed by atoms with E-state index in [0.717, 1.165) is 5.69 Å². The molecule has 2 aromatic rings. The molecule has 0 aromatic carbocycles. The molecule has 6 heteroatoms. The molecule has 1 aliphatic rings. The van der Waals surface area contributed by atoms with E-state index in [2.05, 4.69) is 15.1 Å². The van der Waals surface area contributed by atoms with Crippen LogP contribution in [-0.4, -0.2) is 32.6 Å². The molecule has 2 heterocycles. The first-order valence-corrected chi connectivity index (χ1v) is 7.19. The molecule has 0 aliphatic heterocycles. The van der Waals surface area contributed by atoms with E-state index in [9.17, 15) is 4.79 Å².